The van der Waals surface area contributed by atoms with Crippen LogP contribution < -0.4 is 4.74 Å². The number of halogens is 3. The molecule has 7 nitrogen and oxygen atoms in total. The molecule has 0 unspecified atom stereocenters. The van der Waals surface area contributed by atoms with E-state index in [1.165, 1.54) is 25.3 Å². The molecule has 204 valence electrons. The Kier molecular flexibility index (Phi) is 7.46. The lowest BCUT2D eigenvalue weighted by Crippen LogP contribution is -2.31. The summed E-state index contributed by atoms with van der Waals surface area (Å²) < 4.78 is 77.0. The molecule has 0 spiro atoms. The number of hydrogen-bond acceptors (Lipinski definition) is 6. The highest BCUT2D eigenvalue weighted by Crippen LogP contribution is 2.37. The summed E-state index contributed by atoms with van der Waals surface area (Å²) in [4.78, 5) is 5.57. The van der Waals surface area contributed by atoms with Gasteiger partial charge in [0, 0.05) is 35.2 Å². The fourth-order valence-electron chi connectivity index (χ4n) is 4.81. The first-order valence-electron chi connectivity index (χ1n) is 12.4. The molecular weight excluding hydrogens is 529 g/mol. The van der Waals surface area contributed by atoms with Gasteiger partial charge < -0.3 is 9.64 Å². The summed E-state index contributed by atoms with van der Waals surface area (Å²) in [6.07, 6.45) is 5.19. The molecule has 0 radical (unpaired) electrons. The fourth-order valence-corrected chi connectivity index (χ4v) is 6.25. The highest BCUT2D eigenvalue weighted by atomic mass is 32.2. The number of likely N-dealkylation sites (tertiary alicyclic amines) is 1. The average molecular weight is 557 g/mol. The largest absolute Gasteiger partial charge is 0.481 e. The van der Waals surface area contributed by atoms with Gasteiger partial charge in [-0.3, -0.25) is 4.68 Å². The Labute approximate surface area is 224 Å². The standard InChI is InChI=1S/C28H27F3N4O3S/c1-34-12-9-21(10-13-34)35-16-23(18-8-11-32-26(14-18)38-2)28(33-35)22-5-3-4-19(27(22)31)17-39(36,37)25-15-20(29)6-7-24(25)30/h3-8,11,14-16,21H,9-10,12-13,17H2,1-2H3. The van der Waals surface area contributed by atoms with E-state index < -0.39 is 37.9 Å². The Bertz CT molecular complexity index is 1620. The summed E-state index contributed by atoms with van der Waals surface area (Å²) in [5.41, 5.74) is 1.58. The van der Waals surface area contributed by atoms with Crippen molar-refractivity contribution in [2.24, 2.45) is 0 Å². The van der Waals surface area contributed by atoms with Gasteiger partial charge in [0.25, 0.3) is 0 Å². The van der Waals surface area contributed by atoms with Crippen LogP contribution in [0.3, 0.4) is 0 Å². The average Bonchev–Trinajstić information content (AvgIpc) is 3.37. The van der Waals surface area contributed by atoms with E-state index in [1.807, 2.05) is 10.9 Å². The molecule has 0 atom stereocenters. The van der Waals surface area contributed by atoms with E-state index in [1.54, 1.807) is 18.3 Å². The van der Waals surface area contributed by atoms with Gasteiger partial charge in [-0.15, -0.1) is 0 Å². The molecule has 4 aromatic rings. The molecule has 39 heavy (non-hydrogen) atoms. The monoisotopic (exact) mass is 556 g/mol. The second-order valence-electron chi connectivity index (χ2n) is 9.61. The number of rotatable bonds is 7. The third-order valence-electron chi connectivity index (χ3n) is 6.96. The molecule has 2 aromatic carbocycles. The molecule has 5 rings (SSSR count). The smallest absolute Gasteiger partial charge is 0.213 e. The first kappa shape index (κ1) is 26.9. The number of methoxy groups -OCH3 is 1. The van der Waals surface area contributed by atoms with Crippen LogP contribution in [0.1, 0.15) is 24.4 Å². The van der Waals surface area contributed by atoms with Crippen molar-refractivity contribution in [3.8, 4) is 28.3 Å². The second kappa shape index (κ2) is 10.8. The Balaban J connectivity index is 1.59. The van der Waals surface area contributed by atoms with Crippen LogP contribution in [-0.2, 0) is 15.6 Å². The van der Waals surface area contributed by atoms with Crippen molar-refractivity contribution in [3.63, 3.8) is 0 Å². The van der Waals surface area contributed by atoms with E-state index >= 15 is 4.39 Å². The quantitative estimate of drug-likeness (QED) is 0.308. The summed E-state index contributed by atoms with van der Waals surface area (Å²) in [7, 11) is -0.827. The molecule has 0 N–H and O–H groups in total. The van der Waals surface area contributed by atoms with E-state index in [0.717, 1.165) is 38.1 Å². The second-order valence-corrected chi connectivity index (χ2v) is 11.6. The third-order valence-corrected chi connectivity index (χ3v) is 8.63. The lowest BCUT2D eigenvalue weighted by molar-refractivity contribution is 0.212. The van der Waals surface area contributed by atoms with E-state index in [0.29, 0.717) is 28.8 Å². The van der Waals surface area contributed by atoms with Crippen molar-refractivity contribution >= 4 is 9.84 Å². The first-order chi connectivity index (χ1) is 18.7. The predicted molar refractivity (Wildman–Crippen MR) is 140 cm³/mol. The number of nitrogens with zero attached hydrogens (tertiary/aromatic N) is 4. The van der Waals surface area contributed by atoms with Crippen molar-refractivity contribution in [1.82, 2.24) is 19.7 Å². The van der Waals surface area contributed by atoms with Gasteiger partial charge in [0.15, 0.2) is 9.84 Å². The molecule has 1 aliphatic rings. The summed E-state index contributed by atoms with van der Waals surface area (Å²) in [5.74, 6) is -3.27. The number of piperidine rings is 1. The minimum Gasteiger partial charge on any atom is -0.481 e. The van der Waals surface area contributed by atoms with Gasteiger partial charge in [-0.25, -0.2) is 26.6 Å². The molecule has 3 heterocycles. The van der Waals surface area contributed by atoms with Crippen molar-refractivity contribution in [3.05, 3.63) is 83.9 Å². The van der Waals surface area contributed by atoms with Crippen molar-refractivity contribution in [1.29, 1.82) is 0 Å². The molecule has 1 saturated heterocycles. The third kappa shape index (κ3) is 5.55. The zero-order valence-electron chi connectivity index (χ0n) is 21.4. The van der Waals surface area contributed by atoms with Crippen molar-refractivity contribution in [2.75, 3.05) is 27.2 Å². The highest BCUT2D eigenvalue weighted by Gasteiger charge is 2.27. The van der Waals surface area contributed by atoms with Crippen LogP contribution in [0.25, 0.3) is 22.4 Å². The zero-order valence-corrected chi connectivity index (χ0v) is 22.3. The van der Waals surface area contributed by atoms with E-state index in [2.05, 4.69) is 16.9 Å². The normalized spacial score (nSPS) is 15.0. The Morgan fingerprint density at radius 1 is 1.03 bits per heavy atom. The van der Waals surface area contributed by atoms with E-state index in [9.17, 15) is 17.2 Å². The molecule has 0 amide bonds. The van der Waals surface area contributed by atoms with Gasteiger partial charge in [-0.05, 0) is 68.9 Å². The molecule has 0 bridgehead atoms. The SMILES string of the molecule is COc1cc(-c2cn(C3CCN(C)CC3)nc2-c2cccc(CS(=O)(=O)c3cc(F)ccc3F)c2F)ccn1. The number of sulfone groups is 1. The first-order valence-corrected chi connectivity index (χ1v) is 14.0. The Hall–Kier alpha value is -3.70. The van der Waals surface area contributed by atoms with E-state index in [4.69, 9.17) is 9.84 Å². The van der Waals surface area contributed by atoms with Crippen LogP contribution in [0, 0.1) is 17.5 Å². The van der Waals surface area contributed by atoms with E-state index in [-0.39, 0.29) is 17.2 Å². The highest BCUT2D eigenvalue weighted by molar-refractivity contribution is 7.90. The van der Waals surface area contributed by atoms with Crippen LogP contribution in [0.5, 0.6) is 5.88 Å². The Morgan fingerprint density at radius 2 is 1.79 bits per heavy atom. The summed E-state index contributed by atoms with van der Waals surface area (Å²) in [6, 6.07) is 10.1. The minimum atomic E-state index is -4.39. The van der Waals surface area contributed by atoms with Crippen LogP contribution in [0.15, 0.2) is 65.8 Å². The van der Waals surface area contributed by atoms with Gasteiger partial charge in [0.2, 0.25) is 5.88 Å². The van der Waals surface area contributed by atoms with Gasteiger partial charge in [-0.1, -0.05) is 12.1 Å². The molecule has 1 fully saturated rings. The topological polar surface area (TPSA) is 77.3 Å². The van der Waals surface area contributed by atoms with Crippen molar-refractivity contribution < 1.29 is 26.3 Å². The molecule has 11 heteroatoms. The lowest BCUT2D eigenvalue weighted by atomic mass is 10.0. The number of hydrogen-bond donors (Lipinski definition) is 0. The zero-order chi connectivity index (χ0) is 27.7. The molecular formula is C28H27F3N4O3S. The predicted octanol–water partition coefficient (Wildman–Crippen LogP) is 5.28. The lowest BCUT2D eigenvalue weighted by Gasteiger charge is -2.29. The fraction of sp³-hybridized carbons (Fsp3) is 0.286. The summed E-state index contributed by atoms with van der Waals surface area (Å²) >= 11 is 0. The van der Waals surface area contributed by atoms with Crippen LogP contribution in [0.4, 0.5) is 13.2 Å². The van der Waals surface area contributed by atoms with Crippen molar-refractivity contribution in [2.45, 2.75) is 29.5 Å². The Morgan fingerprint density at radius 3 is 2.54 bits per heavy atom. The molecule has 0 aliphatic carbocycles. The van der Waals surface area contributed by atoms with Crippen LogP contribution in [0.2, 0.25) is 0 Å². The maximum absolute atomic E-state index is 16.0. The number of pyridine rings is 1. The van der Waals surface area contributed by atoms with Gasteiger partial charge >= 0.3 is 0 Å². The summed E-state index contributed by atoms with van der Waals surface area (Å²) in [6.45, 7) is 1.80. The maximum atomic E-state index is 16.0. The number of aromatic nitrogens is 3. The maximum Gasteiger partial charge on any atom is 0.213 e. The van der Waals surface area contributed by atoms with Crippen LogP contribution in [-0.4, -0.2) is 55.3 Å². The van der Waals surface area contributed by atoms with Gasteiger partial charge in [-0.2, -0.15) is 5.10 Å². The molecule has 1 aliphatic heterocycles. The number of ether oxygens (including phenoxy) is 1. The molecule has 0 saturated carbocycles. The van der Waals surface area contributed by atoms with Gasteiger partial charge in [0.1, 0.15) is 28.0 Å². The summed E-state index contributed by atoms with van der Waals surface area (Å²) in [5, 5.41) is 4.78. The minimum absolute atomic E-state index is 0.0971. The number of benzene rings is 2. The van der Waals surface area contributed by atoms with Crippen LogP contribution >= 0.6 is 0 Å². The van der Waals surface area contributed by atoms with Gasteiger partial charge in [0.05, 0.1) is 18.9 Å². The molecule has 2 aromatic heterocycles.